The lowest BCUT2D eigenvalue weighted by Crippen LogP contribution is -2.29. The molecule has 3 N–H and O–H groups in total. The summed E-state index contributed by atoms with van der Waals surface area (Å²) in [6, 6.07) is 10.1. The van der Waals surface area contributed by atoms with Gasteiger partial charge in [-0.25, -0.2) is 5.43 Å². The van der Waals surface area contributed by atoms with Gasteiger partial charge >= 0.3 is 0 Å². The summed E-state index contributed by atoms with van der Waals surface area (Å²) in [6.07, 6.45) is 7.32. The number of nitrogens with two attached hydrogens (primary N) is 1. The van der Waals surface area contributed by atoms with E-state index in [0.717, 1.165) is 27.5 Å². The van der Waals surface area contributed by atoms with Crippen molar-refractivity contribution in [2.24, 2.45) is 5.84 Å². The largest absolute Gasteiger partial charge is 0.271 e. The Hall–Kier alpha value is -2.30. The Morgan fingerprint density at radius 1 is 1.00 bits per heavy atom. The molecule has 0 aliphatic carbocycles. The van der Waals surface area contributed by atoms with Crippen LogP contribution in [0, 0.1) is 6.92 Å². The van der Waals surface area contributed by atoms with E-state index in [9.17, 15) is 0 Å². The van der Waals surface area contributed by atoms with E-state index in [4.69, 9.17) is 5.84 Å². The minimum atomic E-state index is -0.100. The minimum Gasteiger partial charge on any atom is -0.271 e. The van der Waals surface area contributed by atoms with Crippen LogP contribution < -0.4 is 11.3 Å². The maximum absolute atomic E-state index is 5.80. The summed E-state index contributed by atoms with van der Waals surface area (Å²) in [7, 11) is 0. The van der Waals surface area contributed by atoms with Crippen LogP contribution in [0.3, 0.4) is 0 Å². The first kappa shape index (κ1) is 12.7. The van der Waals surface area contributed by atoms with Crippen LogP contribution in [0.15, 0.2) is 55.1 Å². The molecule has 1 unspecified atom stereocenters. The van der Waals surface area contributed by atoms with Crippen LogP contribution in [0.1, 0.15) is 22.7 Å². The van der Waals surface area contributed by atoms with Crippen molar-refractivity contribution in [3.8, 4) is 0 Å². The normalized spacial score (nSPS) is 12.5. The van der Waals surface area contributed by atoms with Gasteiger partial charge in [0, 0.05) is 30.2 Å². The summed E-state index contributed by atoms with van der Waals surface area (Å²) in [5.41, 5.74) is 6.24. The smallest absolute Gasteiger partial charge is 0.0734 e. The molecule has 2 aromatic heterocycles. The first-order chi connectivity index (χ1) is 9.81. The second-order valence-electron chi connectivity index (χ2n) is 4.78. The Labute approximate surface area is 117 Å². The van der Waals surface area contributed by atoms with Gasteiger partial charge in [-0.1, -0.05) is 18.2 Å². The molecule has 3 aromatic rings. The number of rotatable bonds is 3. The van der Waals surface area contributed by atoms with E-state index < -0.39 is 0 Å². The summed E-state index contributed by atoms with van der Waals surface area (Å²) < 4.78 is 0. The van der Waals surface area contributed by atoms with Crippen LogP contribution in [0.25, 0.3) is 10.8 Å². The molecule has 1 atom stereocenters. The zero-order valence-electron chi connectivity index (χ0n) is 11.2. The molecule has 100 valence electrons. The highest BCUT2D eigenvalue weighted by atomic mass is 15.2. The van der Waals surface area contributed by atoms with Gasteiger partial charge in [0.25, 0.3) is 0 Å². The Balaban J connectivity index is 2.20. The van der Waals surface area contributed by atoms with Gasteiger partial charge in [0.1, 0.15) is 0 Å². The number of hydrogen-bond acceptors (Lipinski definition) is 4. The number of aromatic nitrogens is 2. The third-order valence-electron chi connectivity index (χ3n) is 3.59. The standard InChI is InChI=1S/C16H16N4/c1-11-5-7-18-9-14(11)16(20-17)13-4-2-3-12-6-8-19-10-15(12)13/h2-10,16,20H,17H2,1H3. The zero-order valence-corrected chi connectivity index (χ0v) is 11.2. The van der Waals surface area contributed by atoms with Crippen LogP contribution in [-0.2, 0) is 0 Å². The van der Waals surface area contributed by atoms with Crippen molar-refractivity contribution in [2.45, 2.75) is 13.0 Å². The fraction of sp³-hybridized carbons (Fsp3) is 0.125. The van der Waals surface area contributed by atoms with Crippen molar-refractivity contribution in [1.82, 2.24) is 15.4 Å². The lowest BCUT2D eigenvalue weighted by atomic mass is 9.94. The van der Waals surface area contributed by atoms with E-state index >= 15 is 0 Å². The summed E-state index contributed by atoms with van der Waals surface area (Å²) in [5, 5.41) is 2.25. The van der Waals surface area contributed by atoms with E-state index in [1.54, 1.807) is 12.4 Å². The molecule has 1 aromatic carbocycles. The third-order valence-corrected chi connectivity index (χ3v) is 3.59. The van der Waals surface area contributed by atoms with Gasteiger partial charge < -0.3 is 0 Å². The number of hydrogen-bond donors (Lipinski definition) is 2. The fourth-order valence-corrected chi connectivity index (χ4v) is 2.51. The van der Waals surface area contributed by atoms with Gasteiger partial charge in [-0.15, -0.1) is 0 Å². The number of benzene rings is 1. The predicted molar refractivity (Wildman–Crippen MR) is 79.9 cm³/mol. The highest BCUT2D eigenvalue weighted by molar-refractivity contribution is 5.85. The van der Waals surface area contributed by atoms with E-state index in [0.29, 0.717) is 0 Å². The number of aryl methyl sites for hydroxylation is 1. The highest BCUT2D eigenvalue weighted by Crippen LogP contribution is 2.29. The molecule has 4 heteroatoms. The summed E-state index contributed by atoms with van der Waals surface area (Å²) >= 11 is 0. The van der Waals surface area contributed by atoms with Gasteiger partial charge in [0.2, 0.25) is 0 Å². The molecular formula is C16H16N4. The first-order valence-corrected chi connectivity index (χ1v) is 6.50. The Bertz CT molecular complexity index is 734. The molecule has 0 amide bonds. The molecule has 0 saturated carbocycles. The molecule has 0 fully saturated rings. The monoisotopic (exact) mass is 264 g/mol. The molecular weight excluding hydrogens is 248 g/mol. The van der Waals surface area contributed by atoms with Gasteiger partial charge in [-0.05, 0) is 41.1 Å². The van der Waals surface area contributed by atoms with Gasteiger partial charge in [0.05, 0.1) is 6.04 Å². The van der Waals surface area contributed by atoms with Crippen molar-refractivity contribution in [1.29, 1.82) is 0 Å². The summed E-state index contributed by atoms with van der Waals surface area (Å²) in [5.74, 6) is 5.80. The topological polar surface area (TPSA) is 63.8 Å². The first-order valence-electron chi connectivity index (χ1n) is 6.50. The number of nitrogens with one attached hydrogen (secondary N) is 1. The van der Waals surface area contributed by atoms with E-state index in [1.807, 2.05) is 30.6 Å². The maximum atomic E-state index is 5.80. The molecule has 4 nitrogen and oxygen atoms in total. The quantitative estimate of drug-likeness (QED) is 0.563. The second kappa shape index (κ2) is 5.36. The lowest BCUT2D eigenvalue weighted by Gasteiger charge is -2.20. The Morgan fingerprint density at radius 2 is 1.80 bits per heavy atom. The van der Waals surface area contributed by atoms with Crippen molar-refractivity contribution >= 4 is 10.8 Å². The molecule has 0 radical (unpaired) electrons. The van der Waals surface area contributed by atoms with Crippen LogP contribution in [0.4, 0.5) is 0 Å². The molecule has 0 saturated heterocycles. The number of hydrazine groups is 1. The molecule has 20 heavy (non-hydrogen) atoms. The summed E-state index contributed by atoms with van der Waals surface area (Å²) in [6.45, 7) is 2.06. The summed E-state index contributed by atoms with van der Waals surface area (Å²) in [4.78, 5) is 8.43. The molecule has 0 aliphatic heterocycles. The third kappa shape index (κ3) is 2.15. The van der Waals surface area contributed by atoms with Crippen LogP contribution in [-0.4, -0.2) is 9.97 Å². The van der Waals surface area contributed by atoms with Crippen molar-refractivity contribution < 1.29 is 0 Å². The molecule has 0 aliphatic rings. The Kier molecular flexibility index (Phi) is 3.41. The van der Waals surface area contributed by atoms with Crippen LogP contribution >= 0.6 is 0 Å². The maximum Gasteiger partial charge on any atom is 0.0734 e. The SMILES string of the molecule is Cc1ccncc1C(NN)c1cccc2ccncc12. The van der Waals surface area contributed by atoms with Crippen LogP contribution in [0.2, 0.25) is 0 Å². The average molecular weight is 264 g/mol. The average Bonchev–Trinajstić information content (AvgIpc) is 2.50. The van der Waals surface area contributed by atoms with Crippen LogP contribution in [0.5, 0.6) is 0 Å². The second-order valence-corrected chi connectivity index (χ2v) is 4.78. The van der Waals surface area contributed by atoms with E-state index in [2.05, 4.69) is 34.5 Å². The minimum absolute atomic E-state index is 0.100. The van der Waals surface area contributed by atoms with Gasteiger partial charge in [-0.2, -0.15) is 0 Å². The van der Waals surface area contributed by atoms with Gasteiger partial charge in [0.15, 0.2) is 0 Å². The predicted octanol–water partition coefficient (Wildman–Crippen LogP) is 2.49. The van der Waals surface area contributed by atoms with Gasteiger partial charge in [-0.3, -0.25) is 15.8 Å². The van der Waals surface area contributed by atoms with Crippen molar-refractivity contribution in [3.63, 3.8) is 0 Å². The van der Waals surface area contributed by atoms with E-state index in [-0.39, 0.29) is 6.04 Å². The molecule has 0 bridgehead atoms. The number of fused-ring (bicyclic) bond motifs is 1. The fourth-order valence-electron chi connectivity index (χ4n) is 2.51. The lowest BCUT2D eigenvalue weighted by molar-refractivity contribution is 0.635. The Morgan fingerprint density at radius 3 is 2.60 bits per heavy atom. The number of nitrogens with zero attached hydrogens (tertiary/aromatic N) is 2. The molecule has 3 rings (SSSR count). The molecule has 2 heterocycles. The zero-order chi connectivity index (χ0) is 13.9. The molecule has 0 spiro atoms. The highest BCUT2D eigenvalue weighted by Gasteiger charge is 2.17. The van der Waals surface area contributed by atoms with Crippen molar-refractivity contribution in [2.75, 3.05) is 0 Å². The number of pyridine rings is 2. The van der Waals surface area contributed by atoms with Crippen molar-refractivity contribution in [3.05, 3.63) is 71.8 Å². The van der Waals surface area contributed by atoms with E-state index in [1.165, 1.54) is 0 Å².